The third kappa shape index (κ3) is 3.90. The zero-order chi connectivity index (χ0) is 19.5. The van der Waals surface area contributed by atoms with Crippen LogP contribution in [0.15, 0.2) is 54.6 Å². The van der Waals surface area contributed by atoms with Gasteiger partial charge in [0, 0.05) is 29.9 Å². The molecule has 0 saturated heterocycles. The summed E-state index contributed by atoms with van der Waals surface area (Å²) < 4.78 is 1.46. The number of hydrogen-bond acceptors (Lipinski definition) is 5. The fourth-order valence-corrected chi connectivity index (χ4v) is 3.13. The number of benzene rings is 2. The molecule has 0 radical (unpaired) electrons. The number of rotatable bonds is 6. The molecule has 1 N–H and O–H groups in total. The van der Waals surface area contributed by atoms with Crippen LogP contribution in [-0.4, -0.2) is 38.1 Å². The molecule has 28 heavy (non-hydrogen) atoms. The van der Waals surface area contributed by atoms with Gasteiger partial charge in [0.1, 0.15) is 6.54 Å². The van der Waals surface area contributed by atoms with Gasteiger partial charge in [-0.1, -0.05) is 30.3 Å². The van der Waals surface area contributed by atoms with E-state index in [0.717, 1.165) is 24.1 Å². The number of anilines is 2. The maximum atomic E-state index is 12.4. The number of aromatic nitrogens is 4. The summed E-state index contributed by atoms with van der Waals surface area (Å²) in [5, 5.41) is 14.4. The third-order valence-electron chi connectivity index (χ3n) is 4.54. The van der Waals surface area contributed by atoms with Gasteiger partial charge in [-0.3, -0.25) is 9.59 Å². The van der Waals surface area contributed by atoms with Crippen molar-refractivity contribution in [3.63, 3.8) is 0 Å². The summed E-state index contributed by atoms with van der Waals surface area (Å²) in [5.41, 5.74) is 2.34. The van der Waals surface area contributed by atoms with Crippen LogP contribution in [0.4, 0.5) is 11.4 Å². The van der Waals surface area contributed by atoms with Crippen LogP contribution in [0.3, 0.4) is 0 Å². The second kappa shape index (κ2) is 7.59. The van der Waals surface area contributed by atoms with Crippen molar-refractivity contribution in [2.45, 2.75) is 32.4 Å². The lowest BCUT2D eigenvalue weighted by Gasteiger charge is -2.21. The van der Waals surface area contributed by atoms with Gasteiger partial charge in [-0.05, 0) is 47.5 Å². The summed E-state index contributed by atoms with van der Waals surface area (Å²) in [6, 6.07) is 17.1. The topological polar surface area (TPSA) is 93.0 Å². The minimum Gasteiger partial charge on any atom is -0.324 e. The molecule has 0 unspecified atom stereocenters. The van der Waals surface area contributed by atoms with Crippen LogP contribution >= 0.6 is 0 Å². The van der Waals surface area contributed by atoms with E-state index in [2.05, 4.69) is 20.8 Å². The lowest BCUT2D eigenvalue weighted by atomic mass is 10.2. The summed E-state index contributed by atoms with van der Waals surface area (Å²) in [7, 11) is 0. The lowest BCUT2D eigenvalue weighted by molar-refractivity contribution is -0.117. The van der Waals surface area contributed by atoms with Crippen LogP contribution in [0.5, 0.6) is 0 Å². The molecule has 8 heteroatoms. The molecule has 1 aliphatic carbocycles. The predicted molar refractivity (Wildman–Crippen MR) is 105 cm³/mol. The SMILES string of the molecule is CC(=O)N(c1ccc(NC(=O)Cn2nnnc2-c2ccccc2)cc1)C1CC1. The molecule has 1 aliphatic rings. The van der Waals surface area contributed by atoms with Crippen molar-refractivity contribution in [1.29, 1.82) is 0 Å². The predicted octanol–water partition coefficient (Wildman–Crippen LogP) is 2.49. The van der Waals surface area contributed by atoms with Crippen molar-refractivity contribution in [2.24, 2.45) is 0 Å². The van der Waals surface area contributed by atoms with Gasteiger partial charge < -0.3 is 10.2 Å². The van der Waals surface area contributed by atoms with Crippen LogP contribution in [0.1, 0.15) is 19.8 Å². The largest absolute Gasteiger partial charge is 0.324 e. The highest BCUT2D eigenvalue weighted by Gasteiger charge is 2.31. The highest BCUT2D eigenvalue weighted by molar-refractivity contribution is 5.94. The summed E-state index contributed by atoms with van der Waals surface area (Å²) in [4.78, 5) is 26.1. The summed E-state index contributed by atoms with van der Waals surface area (Å²) in [6.45, 7) is 1.57. The molecule has 8 nitrogen and oxygen atoms in total. The van der Waals surface area contributed by atoms with Crippen LogP contribution < -0.4 is 10.2 Å². The molecule has 3 aromatic rings. The van der Waals surface area contributed by atoms with Crippen LogP contribution in [-0.2, 0) is 16.1 Å². The molecule has 4 rings (SSSR count). The van der Waals surface area contributed by atoms with E-state index >= 15 is 0 Å². The first-order valence-electron chi connectivity index (χ1n) is 9.13. The first-order valence-corrected chi connectivity index (χ1v) is 9.13. The fraction of sp³-hybridized carbons (Fsp3) is 0.250. The van der Waals surface area contributed by atoms with E-state index in [4.69, 9.17) is 0 Å². The Morgan fingerprint density at radius 2 is 1.82 bits per heavy atom. The Bertz CT molecular complexity index is 979. The van der Waals surface area contributed by atoms with Crippen molar-refractivity contribution in [1.82, 2.24) is 20.2 Å². The maximum absolute atomic E-state index is 12.4. The standard InChI is InChI=1S/C20H20N6O2/c1-14(27)26(18-11-12-18)17-9-7-16(8-10-17)21-19(28)13-25-20(22-23-24-25)15-5-3-2-4-6-15/h2-10,18H,11-13H2,1H3,(H,21,28). The number of tetrazole rings is 1. The average molecular weight is 376 g/mol. The highest BCUT2D eigenvalue weighted by Crippen LogP contribution is 2.32. The smallest absolute Gasteiger partial charge is 0.246 e. The minimum absolute atomic E-state index is 0.000619. The zero-order valence-corrected chi connectivity index (χ0v) is 15.4. The Labute approximate surface area is 162 Å². The quantitative estimate of drug-likeness (QED) is 0.713. The molecular weight excluding hydrogens is 356 g/mol. The van der Waals surface area contributed by atoms with Crippen molar-refractivity contribution in [3.05, 3.63) is 54.6 Å². The van der Waals surface area contributed by atoms with Crippen molar-refractivity contribution >= 4 is 23.2 Å². The Balaban J connectivity index is 1.42. The Kier molecular flexibility index (Phi) is 4.84. The molecule has 0 bridgehead atoms. The molecule has 0 atom stereocenters. The van der Waals surface area contributed by atoms with Crippen LogP contribution in [0.2, 0.25) is 0 Å². The molecule has 2 amide bonds. The molecule has 2 aromatic carbocycles. The number of hydrogen-bond donors (Lipinski definition) is 1. The highest BCUT2D eigenvalue weighted by atomic mass is 16.2. The molecule has 1 heterocycles. The molecule has 1 fully saturated rings. The van der Waals surface area contributed by atoms with Crippen molar-refractivity contribution in [2.75, 3.05) is 10.2 Å². The third-order valence-corrected chi connectivity index (χ3v) is 4.54. The fourth-order valence-electron chi connectivity index (χ4n) is 3.13. The molecule has 1 aromatic heterocycles. The molecule has 0 aliphatic heterocycles. The van der Waals surface area contributed by atoms with Gasteiger partial charge in [-0.15, -0.1) is 5.10 Å². The first kappa shape index (κ1) is 17.8. The van der Waals surface area contributed by atoms with Crippen molar-refractivity contribution < 1.29 is 9.59 Å². The number of nitrogens with zero attached hydrogens (tertiary/aromatic N) is 5. The van der Waals surface area contributed by atoms with E-state index < -0.39 is 0 Å². The Morgan fingerprint density at radius 1 is 1.11 bits per heavy atom. The summed E-state index contributed by atoms with van der Waals surface area (Å²) in [5.74, 6) is 0.335. The van der Waals surface area contributed by atoms with Gasteiger partial charge in [0.2, 0.25) is 11.8 Å². The molecular formula is C20H20N6O2. The Morgan fingerprint density at radius 3 is 2.46 bits per heavy atom. The monoisotopic (exact) mass is 376 g/mol. The van der Waals surface area contributed by atoms with Crippen LogP contribution in [0, 0.1) is 0 Å². The zero-order valence-electron chi connectivity index (χ0n) is 15.4. The number of amides is 2. The van der Waals surface area contributed by atoms with Crippen LogP contribution in [0.25, 0.3) is 11.4 Å². The number of carbonyl (C=O) groups excluding carboxylic acids is 2. The second-order valence-electron chi connectivity index (χ2n) is 6.74. The Hall–Kier alpha value is -3.55. The van der Waals surface area contributed by atoms with E-state index in [9.17, 15) is 9.59 Å². The lowest BCUT2D eigenvalue weighted by Crippen LogP contribution is -2.30. The summed E-state index contributed by atoms with van der Waals surface area (Å²) in [6.07, 6.45) is 2.07. The molecule has 1 saturated carbocycles. The normalized spacial score (nSPS) is 13.2. The number of nitrogens with one attached hydrogen (secondary N) is 1. The van der Waals surface area contributed by atoms with Gasteiger partial charge in [0.25, 0.3) is 0 Å². The second-order valence-corrected chi connectivity index (χ2v) is 6.74. The van der Waals surface area contributed by atoms with Gasteiger partial charge in [0.05, 0.1) is 0 Å². The van der Waals surface area contributed by atoms with Gasteiger partial charge in [0.15, 0.2) is 5.82 Å². The van der Waals surface area contributed by atoms with E-state index in [1.54, 1.807) is 24.0 Å². The van der Waals surface area contributed by atoms with Gasteiger partial charge in [-0.25, -0.2) is 4.68 Å². The van der Waals surface area contributed by atoms with E-state index in [0.29, 0.717) is 17.6 Å². The number of carbonyl (C=O) groups is 2. The average Bonchev–Trinajstić information content (AvgIpc) is 3.41. The van der Waals surface area contributed by atoms with Crippen molar-refractivity contribution in [3.8, 4) is 11.4 Å². The van der Waals surface area contributed by atoms with E-state index in [1.807, 2.05) is 42.5 Å². The first-order chi connectivity index (χ1) is 13.6. The summed E-state index contributed by atoms with van der Waals surface area (Å²) >= 11 is 0. The molecule has 0 spiro atoms. The van der Waals surface area contributed by atoms with E-state index in [-0.39, 0.29) is 18.4 Å². The molecule has 142 valence electrons. The van der Waals surface area contributed by atoms with E-state index in [1.165, 1.54) is 4.68 Å². The maximum Gasteiger partial charge on any atom is 0.246 e. The van der Waals surface area contributed by atoms with Gasteiger partial charge in [-0.2, -0.15) is 0 Å². The minimum atomic E-state index is -0.233. The van der Waals surface area contributed by atoms with Gasteiger partial charge >= 0.3 is 0 Å².